The molecule has 0 saturated carbocycles. The van der Waals surface area contributed by atoms with Crippen LogP contribution in [0.2, 0.25) is 0 Å². The molecule has 1 fully saturated rings. The predicted octanol–water partition coefficient (Wildman–Crippen LogP) is 1.65. The number of nitrogens with zero attached hydrogens (tertiary/aromatic N) is 1. The van der Waals surface area contributed by atoms with Gasteiger partial charge in [-0.15, -0.1) is 0 Å². The summed E-state index contributed by atoms with van der Waals surface area (Å²) < 4.78 is 5.14. The van der Waals surface area contributed by atoms with Crippen LogP contribution in [0.25, 0.3) is 0 Å². The summed E-state index contributed by atoms with van der Waals surface area (Å²) in [6, 6.07) is 0.0777. The molecule has 0 aliphatic carbocycles. The van der Waals surface area contributed by atoms with Crippen LogP contribution >= 0.6 is 0 Å². The fourth-order valence-electron chi connectivity index (χ4n) is 2.48. The van der Waals surface area contributed by atoms with E-state index in [1.807, 2.05) is 6.92 Å². The molecule has 1 heterocycles. The minimum atomic E-state index is -0.209. The van der Waals surface area contributed by atoms with Gasteiger partial charge in [-0.05, 0) is 25.3 Å². The van der Waals surface area contributed by atoms with Gasteiger partial charge >= 0.3 is 5.97 Å². The highest BCUT2D eigenvalue weighted by atomic mass is 16.5. The molecule has 106 valence electrons. The van der Waals surface area contributed by atoms with E-state index in [0.29, 0.717) is 12.0 Å². The molecule has 1 unspecified atom stereocenters. The summed E-state index contributed by atoms with van der Waals surface area (Å²) >= 11 is 0. The first-order valence-electron chi connectivity index (χ1n) is 6.99. The molecule has 0 bridgehead atoms. The molecule has 0 radical (unpaired) electrons. The first-order valence-corrected chi connectivity index (χ1v) is 6.99. The predicted molar refractivity (Wildman–Crippen MR) is 73.5 cm³/mol. The molecule has 0 aromatic heterocycles. The van der Waals surface area contributed by atoms with Crippen molar-refractivity contribution in [1.29, 1.82) is 0 Å². The topological polar surface area (TPSA) is 41.6 Å². The van der Waals surface area contributed by atoms with E-state index in [1.54, 1.807) is 0 Å². The minimum absolute atomic E-state index is 0.129. The molecular formula is C14H28N2O2. The second kappa shape index (κ2) is 6.53. The number of hydrogen-bond acceptors (Lipinski definition) is 4. The van der Waals surface area contributed by atoms with E-state index in [4.69, 9.17) is 4.74 Å². The Morgan fingerprint density at radius 1 is 1.44 bits per heavy atom. The molecule has 1 saturated heterocycles. The van der Waals surface area contributed by atoms with E-state index < -0.39 is 0 Å². The van der Waals surface area contributed by atoms with Crippen molar-refractivity contribution < 1.29 is 9.53 Å². The number of ether oxygens (including phenoxy) is 1. The van der Waals surface area contributed by atoms with Gasteiger partial charge in [0.05, 0.1) is 6.61 Å². The average molecular weight is 256 g/mol. The van der Waals surface area contributed by atoms with E-state index in [1.165, 1.54) is 6.42 Å². The van der Waals surface area contributed by atoms with Crippen molar-refractivity contribution in [3.63, 3.8) is 0 Å². The lowest BCUT2D eigenvalue weighted by Gasteiger charge is -2.26. The Hall–Kier alpha value is -0.610. The third kappa shape index (κ3) is 4.94. The lowest BCUT2D eigenvalue weighted by Crippen LogP contribution is -2.49. The van der Waals surface area contributed by atoms with Gasteiger partial charge in [0.2, 0.25) is 0 Å². The van der Waals surface area contributed by atoms with Crippen LogP contribution in [-0.2, 0) is 9.53 Å². The summed E-state index contributed by atoms with van der Waals surface area (Å²) in [6.07, 6.45) is 1.20. The van der Waals surface area contributed by atoms with Gasteiger partial charge in [-0.2, -0.15) is 0 Å². The largest absolute Gasteiger partial charge is 0.465 e. The molecule has 1 N–H and O–H groups in total. The summed E-state index contributed by atoms with van der Waals surface area (Å²) in [7, 11) is 0. The van der Waals surface area contributed by atoms with Gasteiger partial charge in [0, 0.05) is 19.1 Å². The average Bonchev–Trinajstić information content (AvgIpc) is 2.57. The van der Waals surface area contributed by atoms with Gasteiger partial charge in [-0.25, -0.2) is 0 Å². The van der Waals surface area contributed by atoms with Crippen molar-refractivity contribution in [3.8, 4) is 0 Å². The Morgan fingerprint density at radius 2 is 2.11 bits per heavy atom. The van der Waals surface area contributed by atoms with Crippen LogP contribution in [0.5, 0.6) is 0 Å². The van der Waals surface area contributed by atoms with Gasteiger partial charge in [0.15, 0.2) is 0 Å². The molecule has 1 aliphatic heterocycles. The maximum Gasteiger partial charge on any atom is 0.324 e. The van der Waals surface area contributed by atoms with Gasteiger partial charge in [0.25, 0.3) is 0 Å². The maximum atomic E-state index is 11.9. The molecular weight excluding hydrogens is 228 g/mol. The quantitative estimate of drug-likeness (QED) is 0.734. The normalized spacial score (nSPS) is 21.2. The summed E-state index contributed by atoms with van der Waals surface area (Å²) in [4.78, 5) is 14.3. The Kier molecular flexibility index (Phi) is 5.60. The second-order valence-corrected chi connectivity index (χ2v) is 6.28. The number of esters is 1. The summed E-state index contributed by atoms with van der Waals surface area (Å²) in [5.41, 5.74) is 0.372. The van der Waals surface area contributed by atoms with Crippen LogP contribution in [0.4, 0.5) is 0 Å². The minimum Gasteiger partial charge on any atom is -0.465 e. The van der Waals surface area contributed by atoms with Gasteiger partial charge in [-0.1, -0.05) is 27.7 Å². The van der Waals surface area contributed by atoms with Crippen molar-refractivity contribution in [3.05, 3.63) is 0 Å². The molecule has 18 heavy (non-hydrogen) atoms. The summed E-state index contributed by atoms with van der Waals surface area (Å²) in [5.74, 6) is -0.129. The van der Waals surface area contributed by atoms with Crippen LogP contribution < -0.4 is 5.32 Å². The van der Waals surface area contributed by atoms with Crippen molar-refractivity contribution in [2.45, 2.75) is 53.1 Å². The number of hydrogen-bond donors (Lipinski definition) is 1. The van der Waals surface area contributed by atoms with Crippen LogP contribution in [0.3, 0.4) is 0 Å². The number of nitrogens with one attached hydrogen (secondary N) is 1. The standard InChI is InChI=1S/C14H28N2O2/c1-6-18-13(17)12(15-11(2)3)9-16-8-7-14(4,5)10-16/h11-12,15H,6-10H2,1-5H3. The highest BCUT2D eigenvalue weighted by Gasteiger charge is 2.32. The Balaban J connectivity index is 2.53. The smallest absolute Gasteiger partial charge is 0.324 e. The monoisotopic (exact) mass is 256 g/mol. The zero-order valence-electron chi connectivity index (χ0n) is 12.5. The second-order valence-electron chi connectivity index (χ2n) is 6.28. The molecule has 0 aromatic rings. The molecule has 4 nitrogen and oxygen atoms in total. The van der Waals surface area contributed by atoms with E-state index in [0.717, 1.165) is 19.6 Å². The zero-order valence-corrected chi connectivity index (χ0v) is 12.5. The molecule has 4 heteroatoms. The van der Waals surface area contributed by atoms with Gasteiger partial charge < -0.3 is 15.0 Å². The first kappa shape index (κ1) is 15.4. The van der Waals surface area contributed by atoms with E-state index in [9.17, 15) is 4.79 Å². The summed E-state index contributed by atoms with van der Waals surface area (Å²) in [6.45, 7) is 13.8. The van der Waals surface area contributed by atoms with Crippen LogP contribution in [-0.4, -0.2) is 49.2 Å². The van der Waals surface area contributed by atoms with Gasteiger partial charge in [0.1, 0.15) is 6.04 Å². The van der Waals surface area contributed by atoms with Gasteiger partial charge in [-0.3, -0.25) is 4.79 Å². The Bertz CT molecular complexity index is 277. The van der Waals surface area contributed by atoms with Crippen molar-refractivity contribution in [2.24, 2.45) is 5.41 Å². The fraction of sp³-hybridized carbons (Fsp3) is 0.929. The molecule has 0 aromatic carbocycles. The van der Waals surface area contributed by atoms with Crippen LogP contribution in [0.15, 0.2) is 0 Å². The fourth-order valence-corrected chi connectivity index (χ4v) is 2.48. The van der Waals surface area contributed by atoms with E-state index >= 15 is 0 Å². The Labute approximate surface area is 111 Å². The molecule has 1 aliphatic rings. The van der Waals surface area contributed by atoms with Crippen LogP contribution in [0.1, 0.15) is 41.0 Å². The van der Waals surface area contributed by atoms with Crippen molar-refractivity contribution >= 4 is 5.97 Å². The summed E-state index contributed by atoms with van der Waals surface area (Å²) in [5, 5.41) is 3.30. The van der Waals surface area contributed by atoms with E-state index in [2.05, 4.69) is 37.9 Å². The zero-order chi connectivity index (χ0) is 13.8. The third-order valence-electron chi connectivity index (χ3n) is 3.30. The molecule has 0 amide bonds. The molecule has 1 atom stereocenters. The molecule has 1 rings (SSSR count). The lowest BCUT2D eigenvalue weighted by atomic mass is 9.93. The number of rotatable bonds is 6. The number of carbonyl (C=O) groups is 1. The maximum absolute atomic E-state index is 11.9. The number of likely N-dealkylation sites (tertiary alicyclic amines) is 1. The highest BCUT2D eigenvalue weighted by Crippen LogP contribution is 2.28. The first-order chi connectivity index (χ1) is 8.34. The SMILES string of the molecule is CCOC(=O)C(CN1CCC(C)(C)C1)NC(C)C. The van der Waals surface area contributed by atoms with Crippen molar-refractivity contribution in [2.75, 3.05) is 26.2 Å². The van der Waals surface area contributed by atoms with Crippen molar-refractivity contribution in [1.82, 2.24) is 10.2 Å². The molecule has 0 spiro atoms. The van der Waals surface area contributed by atoms with Crippen LogP contribution in [0, 0.1) is 5.41 Å². The number of carbonyl (C=O) groups excluding carboxylic acids is 1. The highest BCUT2D eigenvalue weighted by molar-refractivity contribution is 5.76. The Morgan fingerprint density at radius 3 is 2.56 bits per heavy atom. The third-order valence-corrected chi connectivity index (χ3v) is 3.30. The van der Waals surface area contributed by atoms with E-state index in [-0.39, 0.29) is 18.1 Å². The lowest BCUT2D eigenvalue weighted by molar-refractivity contribution is -0.146.